The standard InChI is InChI=1S/C23H31NO3/c25-22(19-3-5-20(6-4-19)27-14-21-2-1-7-26-21)24-15-23-11-16-8-17(12-23)10-18(9-16)13-23/h3-6,16-18,21H,1-2,7-15H2,(H,24,25)/t16?,17?,18?,21-,23?/m0/s1. The Morgan fingerprint density at radius 2 is 1.74 bits per heavy atom. The van der Waals surface area contributed by atoms with E-state index in [1.165, 1.54) is 38.5 Å². The molecule has 1 aromatic rings. The maximum atomic E-state index is 12.6. The number of carbonyl (C=O) groups is 1. The lowest BCUT2D eigenvalue weighted by Gasteiger charge is -2.56. The molecule has 1 heterocycles. The monoisotopic (exact) mass is 369 g/mol. The van der Waals surface area contributed by atoms with Crippen molar-refractivity contribution in [1.82, 2.24) is 5.32 Å². The molecule has 4 heteroatoms. The van der Waals surface area contributed by atoms with Crippen LogP contribution >= 0.6 is 0 Å². The number of hydrogen-bond acceptors (Lipinski definition) is 3. The SMILES string of the molecule is O=C(NCC12CC3CC(CC(C3)C1)C2)c1ccc(OC[C@@H]2CCCO2)cc1. The van der Waals surface area contributed by atoms with Crippen molar-refractivity contribution in [2.24, 2.45) is 23.2 Å². The van der Waals surface area contributed by atoms with Gasteiger partial charge in [0.2, 0.25) is 0 Å². The first-order valence-corrected chi connectivity index (χ1v) is 10.8. The molecular weight excluding hydrogens is 338 g/mol. The van der Waals surface area contributed by atoms with E-state index in [4.69, 9.17) is 9.47 Å². The molecule has 5 aliphatic rings. The molecule has 1 aliphatic heterocycles. The average molecular weight is 370 g/mol. The molecule has 0 unspecified atom stereocenters. The molecule has 1 aromatic carbocycles. The number of carbonyl (C=O) groups excluding carboxylic acids is 1. The average Bonchev–Trinajstić information content (AvgIpc) is 3.17. The predicted octanol–water partition coefficient (Wildman–Crippen LogP) is 4.19. The van der Waals surface area contributed by atoms with E-state index in [9.17, 15) is 4.79 Å². The molecule has 146 valence electrons. The van der Waals surface area contributed by atoms with Crippen molar-refractivity contribution in [3.8, 4) is 5.75 Å². The zero-order valence-electron chi connectivity index (χ0n) is 16.1. The van der Waals surface area contributed by atoms with Crippen molar-refractivity contribution >= 4 is 5.91 Å². The Hall–Kier alpha value is -1.55. The quantitative estimate of drug-likeness (QED) is 0.818. The fourth-order valence-corrected chi connectivity index (χ4v) is 6.54. The van der Waals surface area contributed by atoms with E-state index >= 15 is 0 Å². The van der Waals surface area contributed by atoms with E-state index in [0.717, 1.165) is 55.1 Å². The van der Waals surface area contributed by atoms with Gasteiger partial charge in [-0.05, 0) is 98.8 Å². The van der Waals surface area contributed by atoms with Gasteiger partial charge in [0, 0.05) is 18.7 Å². The van der Waals surface area contributed by atoms with Crippen molar-refractivity contribution in [2.75, 3.05) is 19.8 Å². The minimum absolute atomic E-state index is 0.0522. The fourth-order valence-electron chi connectivity index (χ4n) is 6.54. The maximum absolute atomic E-state index is 12.6. The van der Waals surface area contributed by atoms with E-state index in [1.807, 2.05) is 24.3 Å². The van der Waals surface area contributed by atoms with Gasteiger partial charge in [-0.3, -0.25) is 4.79 Å². The van der Waals surface area contributed by atoms with Crippen molar-refractivity contribution in [3.05, 3.63) is 29.8 Å². The normalized spacial score (nSPS) is 36.7. The Bertz CT molecular complexity index is 642. The van der Waals surface area contributed by atoms with Gasteiger partial charge in [0.15, 0.2) is 0 Å². The summed E-state index contributed by atoms with van der Waals surface area (Å²) in [5.74, 6) is 3.63. The van der Waals surface area contributed by atoms with Crippen LogP contribution in [0.5, 0.6) is 5.75 Å². The number of amides is 1. The van der Waals surface area contributed by atoms with Gasteiger partial charge in [-0.15, -0.1) is 0 Å². The van der Waals surface area contributed by atoms with Crippen molar-refractivity contribution < 1.29 is 14.3 Å². The second-order valence-electron chi connectivity index (χ2n) is 9.57. The molecule has 4 bridgehead atoms. The van der Waals surface area contributed by atoms with Gasteiger partial charge in [0.25, 0.3) is 5.91 Å². The van der Waals surface area contributed by atoms with Gasteiger partial charge in [0.1, 0.15) is 12.4 Å². The predicted molar refractivity (Wildman–Crippen MR) is 104 cm³/mol. The summed E-state index contributed by atoms with van der Waals surface area (Å²) >= 11 is 0. The largest absolute Gasteiger partial charge is 0.491 e. The lowest BCUT2D eigenvalue weighted by atomic mass is 9.49. The minimum Gasteiger partial charge on any atom is -0.491 e. The smallest absolute Gasteiger partial charge is 0.251 e. The van der Waals surface area contributed by atoms with E-state index < -0.39 is 0 Å². The molecule has 6 rings (SSSR count). The molecule has 1 saturated heterocycles. The highest BCUT2D eigenvalue weighted by molar-refractivity contribution is 5.94. The van der Waals surface area contributed by atoms with Crippen LogP contribution in [0.25, 0.3) is 0 Å². The van der Waals surface area contributed by atoms with E-state index in [0.29, 0.717) is 12.0 Å². The highest BCUT2D eigenvalue weighted by atomic mass is 16.5. The molecule has 1 atom stereocenters. The highest BCUT2D eigenvalue weighted by Crippen LogP contribution is 2.59. The van der Waals surface area contributed by atoms with Gasteiger partial charge >= 0.3 is 0 Å². The Labute approximate surface area is 162 Å². The summed E-state index contributed by atoms with van der Waals surface area (Å²) in [5, 5.41) is 3.25. The third-order valence-corrected chi connectivity index (χ3v) is 7.37. The Morgan fingerprint density at radius 1 is 1.07 bits per heavy atom. The van der Waals surface area contributed by atoms with Crippen LogP contribution in [-0.4, -0.2) is 31.8 Å². The topological polar surface area (TPSA) is 47.6 Å². The van der Waals surface area contributed by atoms with Crippen molar-refractivity contribution in [2.45, 2.75) is 57.5 Å². The number of rotatable bonds is 6. The van der Waals surface area contributed by atoms with Crippen LogP contribution < -0.4 is 10.1 Å². The van der Waals surface area contributed by atoms with E-state index in [1.54, 1.807) is 0 Å². The lowest BCUT2D eigenvalue weighted by Crippen LogP contribution is -2.51. The second-order valence-corrected chi connectivity index (χ2v) is 9.57. The molecule has 27 heavy (non-hydrogen) atoms. The van der Waals surface area contributed by atoms with Gasteiger partial charge in [-0.25, -0.2) is 0 Å². The molecule has 0 spiro atoms. The van der Waals surface area contributed by atoms with Crippen LogP contribution in [0.15, 0.2) is 24.3 Å². The summed E-state index contributed by atoms with van der Waals surface area (Å²) in [6.07, 6.45) is 10.7. The Balaban J connectivity index is 1.14. The first-order chi connectivity index (χ1) is 13.2. The van der Waals surface area contributed by atoms with Crippen molar-refractivity contribution in [1.29, 1.82) is 0 Å². The molecule has 1 N–H and O–H groups in total. The first kappa shape index (κ1) is 17.5. The second kappa shape index (κ2) is 7.12. The summed E-state index contributed by atoms with van der Waals surface area (Å²) in [6.45, 7) is 2.29. The van der Waals surface area contributed by atoms with Crippen LogP contribution in [-0.2, 0) is 4.74 Å². The maximum Gasteiger partial charge on any atom is 0.251 e. The first-order valence-electron chi connectivity index (χ1n) is 10.8. The number of nitrogens with one attached hydrogen (secondary N) is 1. The fraction of sp³-hybridized carbons (Fsp3) is 0.696. The lowest BCUT2D eigenvalue weighted by molar-refractivity contribution is -0.0503. The highest BCUT2D eigenvalue weighted by Gasteiger charge is 2.50. The summed E-state index contributed by atoms with van der Waals surface area (Å²) in [5.41, 5.74) is 1.11. The van der Waals surface area contributed by atoms with Gasteiger partial charge in [0.05, 0.1) is 6.10 Å². The van der Waals surface area contributed by atoms with Crippen molar-refractivity contribution in [3.63, 3.8) is 0 Å². The third kappa shape index (κ3) is 3.73. The zero-order chi connectivity index (χ0) is 18.3. The molecule has 4 saturated carbocycles. The third-order valence-electron chi connectivity index (χ3n) is 7.37. The molecule has 0 aromatic heterocycles. The van der Waals surface area contributed by atoms with Crippen LogP contribution in [0.2, 0.25) is 0 Å². The summed E-state index contributed by atoms with van der Waals surface area (Å²) < 4.78 is 11.4. The number of benzene rings is 1. The van der Waals surface area contributed by atoms with Gasteiger partial charge < -0.3 is 14.8 Å². The summed E-state index contributed by atoms with van der Waals surface area (Å²) in [7, 11) is 0. The molecule has 5 fully saturated rings. The van der Waals surface area contributed by atoms with Crippen LogP contribution in [0.1, 0.15) is 61.7 Å². The molecule has 0 radical (unpaired) electrons. The Kier molecular flexibility index (Phi) is 4.63. The molecule has 4 nitrogen and oxygen atoms in total. The zero-order valence-corrected chi connectivity index (χ0v) is 16.1. The van der Waals surface area contributed by atoms with Gasteiger partial charge in [-0.1, -0.05) is 0 Å². The number of hydrogen-bond donors (Lipinski definition) is 1. The summed E-state index contributed by atoms with van der Waals surface area (Å²) in [6, 6.07) is 7.54. The molecule has 4 aliphatic carbocycles. The van der Waals surface area contributed by atoms with E-state index in [-0.39, 0.29) is 12.0 Å². The van der Waals surface area contributed by atoms with Crippen LogP contribution in [0, 0.1) is 23.2 Å². The summed E-state index contributed by atoms with van der Waals surface area (Å²) in [4.78, 5) is 12.6. The van der Waals surface area contributed by atoms with Crippen LogP contribution in [0.4, 0.5) is 0 Å². The minimum atomic E-state index is 0.0522. The van der Waals surface area contributed by atoms with Crippen LogP contribution in [0.3, 0.4) is 0 Å². The van der Waals surface area contributed by atoms with E-state index in [2.05, 4.69) is 5.32 Å². The molecular formula is C23H31NO3. The van der Waals surface area contributed by atoms with Gasteiger partial charge in [-0.2, -0.15) is 0 Å². The number of ether oxygens (including phenoxy) is 2. The Morgan fingerprint density at radius 3 is 2.33 bits per heavy atom. The molecule has 1 amide bonds.